The fourth-order valence-corrected chi connectivity index (χ4v) is 4.03. The summed E-state index contributed by atoms with van der Waals surface area (Å²) in [5.74, 6) is 0.0598. The topological polar surface area (TPSA) is 66.8 Å². The smallest absolute Gasteiger partial charge is 0.294 e. The lowest BCUT2D eigenvalue weighted by atomic mass is 9.92. The van der Waals surface area contributed by atoms with E-state index in [2.05, 4.69) is 0 Å². The van der Waals surface area contributed by atoms with Gasteiger partial charge in [0.05, 0.1) is 11.6 Å². The van der Waals surface area contributed by atoms with Crippen LogP contribution in [0.4, 0.5) is 5.69 Å². The monoisotopic (exact) mass is 441 g/mol. The number of anilines is 1. The molecule has 3 aromatic rings. The summed E-state index contributed by atoms with van der Waals surface area (Å²) in [5, 5.41) is 10.8. The molecule has 0 radical (unpaired) electrons. The summed E-state index contributed by atoms with van der Waals surface area (Å²) >= 11 is 0. The molecule has 1 unspecified atom stereocenters. The van der Waals surface area contributed by atoms with E-state index in [-0.39, 0.29) is 23.7 Å². The molecule has 1 amide bonds. The van der Waals surface area contributed by atoms with Gasteiger partial charge >= 0.3 is 0 Å². The van der Waals surface area contributed by atoms with Crippen LogP contribution in [0.1, 0.15) is 37.4 Å². The first-order valence-electron chi connectivity index (χ1n) is 11.0. The number of nitrogens with zero attached hydrogens (tertiary/aromatic N) is 1. The number of ether oxygens (including phenoxy) is 1. The average Bonchev–Trinajstić information content (AvgIpc) is 3.06. The van der Waals surface area contributed by atoms with Crippen LogP contribution in [0.3, 0.4) is 0 Å². The van der Waals surface area contributed by atoms with Gasteiger partial charge < -0.3 is 9.84 Å². The Kier molecular flexibility index (Phi) is 6.31. The SMILES string of the molecule is Cc1ccc(N2C(=O)C(O)=C(C(=O)CC(C)C)C2c2cccc(Oc3ccccc3)c2)cc1. The van der Waals surface area contributed by atoms with E-state index in [0.717, 1.165) is 5.56 Å². The van der Waals surface area contributed by atoms with Gasteiger partial charge in [-0.1, -0.05) is 61.9 Å². The second-order valence-corrected chi connectivity index (χ2v) is 8.68. The lowest BCUT2D eigenvalue weighted by Gasteiger charge is -2.27. The number of carbonyl (C=O) groups is 2. The minimum atomic E-state index is -0.745. The molecule has 0 saturated carbocycles. The number of aliphatic hydroxyl groups is 1. The normalized spacial score (nSPS) is 15.9. The number of para-hydroxylation sites is 1. The molecule has 5 heteroatoms. The molecule has 1 atom stereocenters. The summed E-state index contributed by atoms with van der Waals surface area (Å²) in [6, 6.07) is 23.4. The molecule has 33 heavy (non-hydrogen) atoms. The van der Waals surface area contributed by atoms with E-state index in [0.29, 0.717) is 22.7 Å². The molecule has 4 rings (SSSR count). The van der Waals surface area contributed by atoms with Crippen LogP contribution in [0.5, 0.6) is 11.5 Å². The third kappa shape index (κ3) is 4.67. The maximum atomic E-state index is 13.2. The van der Waals surface area contributed by atoms with Crippen molar-refractivity contribution in [1.29, 1.82) is 0 Å². The zero-order valence-corrected chi connectivity index (χ0v) is 19.0. The first-order valence-corrected chi connectivity index (χ1v) is 11.0. The van der Waals surface area contributed by atoms with Gasteiger partial charge in [-0.2, -0.15) is 0 Å². The van der Waals surface area contributed by atoms with E-state index >= 15 is 0 Å². The molecule has 0 saturated heterocycles. The van der Waals surface area contributed by atoms with Crippen molar-refractivity contribution in [3.63, 3.8) is 0 Å². The molecule has 1 N–H and O–H groups in total. The van der Waals surface area contributed by atoms with Gasteiger partial charge in [0.1, 0.15) is 11.5 Å². The van der Waals surface area contributed by atoms with Crippen molar-refractivity contribution < 1.29 is 19.4 Å². The van der Waals surface area contributed by atoms with Crippen molar-refractivity contribution in [3.05, 3.63) is 101 Å². The molecule has 168 valence electrons. The number of carbonyl (C=O) groups excluding carboxylic acids is 2. The Balaban J connectivity index is 1.79. The highest BCUT2D eigenvalue weighted by Crippen LogP contribution is 2.42. The van der Waals surface area contributed by atoms with Crippen molar-refractivity contribution in [1.82, 2.24) is 0 Å². The number of hydrogen-bond acceptors (Lipinski definition) is 4. The van der Waals surface area contributed by atoms with Gasteiger partial charge in [0, 0.05) is 12.1 Å². The summed E-state index contributed by atoms with van der Waals surface area (Å²) in [4.78, 5) is 27.9. The Morgan fingerprint density at radius 2 is 1.64 bits per heavy atom. The zero-order chi connectivity index (χ0) is 23.5. The Morgan fingerprint density at radius 3 is 2.30 bits per heavy atom. The third-order valence-corrected chi connectivity index (χ3v) is 5.57. The molecule has 0 bridgehead atoms. The lowest BCUT2D eigenvalue weighted by molar-refractivity contribution is -0.118. The predicted octanol–water partition coefficient (Wildman–Crippen LogP) is 6.30. The Hall–Kier alpha value is -3.86. The zero-order valence-electron chi connectivity index (χ0n) is 19.0. The Morgan fingerprint density at radius 1 is 0.970 bits per heavy atom. The highest BCUT2D eigenvalue weighted by molar-refractivity contribution is 6.16. The van der Waals surface area contributed by atoms with Crippen LogP contribution >= 0.6 is 0 Å². The van der Waals surface area contributed by atoms with Crippen LogP contribution in [0.2, 0.25) is 0 Å². The van der Waals surface area contributed by atoms with E-state index in [1.165, 1.54) is 4.90 Å². The van der Waals surface area contributed by atoms with Gasteiger partial charge in [-0.3, -0.25) is 14.5 Å². The molecule has 0 aliphatic carbocycles. The van der Waals surface area contributed by atoms with Gasteiger partial charge in [-0.25, -0.2) is 0 Å². The summed E-state index contributed by atoms with van der Waals surface area (Å²) in [5.41, 5.74) is 2.48. The van der Waals surface area contributed by atoms with Crippen LogP contribution in [-0.4, -0.2) is 16.8 Å². The second-order valence-electron chi connectivity index (χ2n) is 8.68. The van der Waals surface area contributed by atoms with Crippen molar-refractivity contribution in [3.8, 4) is 11.5 Å². The third-order valence-electron chi connectivity index (χ3n) is 5.57. The van der Waals surface area contributed by atoms with E-state index in [1.807, 2.05) is 99.6 Å². The van der Waals surface area contributed by atoms with Crippen LogP contribution in [0, 0.1) is 12.8 Å². The number of hydrogen-bond donors (Lipinski definition) is 1. The quantitative estimate of drug-likeness (QED) is 0.467. The standard InChI is InChI=1S/C28H27NO4/c1-18(2)16-24(30)25-26(29(28(32)27(25)31)21-14-12-19(3)13-15-21)20-8-7-11-23(17-20)33-22-9-5-4-6-10-22/h4-15,17-18,26,31H,16H2,1-3H3. The molecule has 5 nitrogen and oxygen atoms in total. The molecule has 1 aliphatic rings. The lowest BCUT2D eigenvalue weighted by Crippen LogP contribution is -2.31. The van der Waals surface area contributed by atoms with Gasteiger partial charge in [0.15, 0.2) is 11.5 Å². The van der Waals surface area contributed by atoms with E-state index in [9.17, 15) is 14.7 Å². The molecule has 1 aliphatic heterocycles. The van der Waals surface area contributed by atoms with Crippen LogP contribution in [0.15, 0.2) is 90.2 Å². The first-order chi connectivity index (χ1) is 15.8. The molecule has 1 heterocycles. The summed E-state index contributed by atoms with van der Waals surface area (Å²) in [7, 11) is 0. The molecule has 0 spiro atoms. The number of Topliss-reactive ketones (excluding diaryl/α,β-unsaturated/α-hetero) is 1. The largest absolute Gasteiger partial charge is 0.503 e. The van der Waals surface area contributed by atoms with Crippen molar-refractivity contribution >= 4 is 17.4 Å². The fraction of sp³-hybridized carbons (Fsp3) is 0.214. The molecule has 0 fully saturated rings. The minimum absolute atomic E-state index is 0.0923. The average molecular weight is 442 g/mol. The summed E-state index contributed by atoms with van der Waals surface area (Å²) in [6.45, 7) is 5.84. The molecule has 3 aromatic carbocycles. The predicted molar refractivity (Wildman–Crippen MR) is 128 cm³/mol. The van der Waals surface area contributed by atoms with Gasteiger partial charge in [0.25, 0.3) is 5.91 Å². The van der Waals surface area contributed by atoms with Crippen molar-refractivity contribution in [2.45, 2.75) is 33.2 Å². The maximum Gasteiger partial charge on any atom is 0.294 e. The van der Waals surface area contributed by atoms with Crippen LogP contribution in [0.25, 0.3) is 0 Å². The number of amides is 1. The summed E-state index contributed by atoms with van der Waals surface area (Å²) < 4.78 is 5.98. The molecular weight excluding hydrogens is 414 g/mol. The maximum absolute atomic E-state index is 13.2. The van der Waals surface area contributed by atoms with Gasteiger partial charge in [-0.05, 0) is 54.8 Å². The second kappa shape index (κ2) is 9.33. The van der Waals surface area contributed by atoms with Crippen molar-refractivity contribution in [2.24, 2.45) is 5.92 Å². The number of rotatable bonds is 7. The number of aliphatic hydroxyl groups excluding tert-OH is 1. The van der Waals surface area contributed by atoms with E-state index < -0.39 is 17.7 Å². The van der Waals surface area contributed by atoms with E-state index in [1.54, 1.807) is 0 Å². The Labute approximate surface area is 193 Å². The highest BCUT2D eigenvalue weighted by atomic mass is 16.5. The Bertz CT molecular complexity index is 1200. The number of benzene rings is 3. The number of aryl methyl sites for hydroxylation is 1. The fourth-order valence-electron chi connectivity index (χ4n) is 4.03. The van der Waals surface area contributed by atoms with Crippen LogP contribution < -0.4 is 9.64 Å². The highest BCUT2D eigenvalue weighted by Gasteiger charge is 2.44. The summed E-state index contributed by atoms with van der Waals surface area (Å²) in [6.07, 6.45) is 0.241. The van der Waals surface area contributed by atoms with E-state index in [4.69, 9.17) is 4.74 Å². The van der Waals surface area contributed by atoms with Crippen LogP contribution in [-0.2, 0) is 9.59 Å². The number of ketones is 1. The van der Waals surface area contributed by atoms with Crippen molar-refractivity contribution in [2.75, 3.05) is 4.90 Å². The first kappa shape index (κ1) is 22.3. The van der Waals surface area contributed by atoms with Gasteiger partial charge in [0.2, 0.25) is 0 Å². The van der Waals surface area contributed by atoms with Gasteiger partial charge in [-0.15, -0.1) is 0 Å². The molecule has 0 aromatic heterocycles. The minimum Gasteiger partial charge on any atom is -0.503 e. The molecular formula is C28H27NO4.